The van der Waals surface area contributed by atoms with Gasteiger partial charge in [0, 0.05) is 11.1 Å². The van der Waals surface area contributed by atoms with E-state index < -0.39 is 0 Å². The number of thiazole rings is 1. The number of hydrogen-bond donors (Lipinski definition) is 1. The Balaban J connectivity index is 2.00. The second kappa shape index (κ2) is 4.53. The van der Waals surface area contributed by atoms with Crippen LogP contribution < -0.4 is 15.2 Å². The minimum Gasteiger partial charge on any atom is -0.454 e. The maximum atomic E-state index is 6.22. The summed E-state index contributed by atoms with van der Waals surface area (Å²) >= 11 is 5.07. The summed E-state index contributed by atoms with van der Waals surface area (Å²) in [5.74, 6) is 1.46. The average molecular weight is 327 g/mol. The van der Waals surface area contributed by atoms with Crippen LogP contribution >= 0.6 is 27.3 Å². The number of nitrogens with zero attached hydrogens (tertiary/aromatic N) is 1. The van der Waals surface area contributed by atoms with Gasteiger partial charge >= 0.3 is 0 Å². The largest absolute Gasteiger partial charge is 0.454 e. The molecule has 1 unspecified atom stereocenters. The number of aromatic nitrogens is 1. The molecule has 1 aliphatic rings. The normalized spacial score (nSPS) is 14.8. The second-order valence-electron chi connectivity index (χ2n) is 4.02. The highest BCUT2D eigenvalue weighted by atomic mass is 79.9. The number of ether oxygens (including phenoxy) is 2. The summed E-state index contributed by atoms with van der Waals surface area (Å²) in [5, 5.41) is 0.901. The zero-order valence-electron chi connectivity index (χ0n) is 9.64. The number of fused-ring (bicyclic) bond motifs is 1. The Morgan fingerprint density at radius 2 is 2.28 bits per heavy atom. The molecule has 0 amide bonds. The highest BCUT2D eigenvalue weighted by molar-refractivity contribution is 9.10. The second-order valence-corrected chi connectivity index (χ2v) is 6.14. The van der Waals surface area contributed by atoms with Crippen LogP contribution in [0.2, 0.25) is 0 Å². The van der Waals surface area contributed by atoms with Gasteiger partial charge in [0.2, 0.25) is 6.79 Å². The number of rotatable bonds is 2. The standard InChI is InChI=1S/C12H11BrN2O2S/c1-6-4-15-12(18-6)10(14)7-2-8(13)11-9(3-7)16-5-17-11/h2-4,10H,5,14H2,1H3. The number of nitrogens with two attached hydrogens (primary N) is 1. The first-order valence-corrected chi connectivity index (χ1v) is 7.03. The SMILES string of the molecule is Cc1cnc(C(N)c2cc(Br)c3c(c2)OCO3)s1. The van der Waals surface area contributed by atoms with Gasteiger partial charge in [-0.15, -0.1) is 11.3 Å². The number of benzene rings is 1. The fourth-order valence-electron chi connectivity index (χ4n) is 1.83. The smallest absolute Gasteiger partial charge is 0.231 e. The topological polar surface area (TPSA) is 57.4 Å². The fourth-order valence-corrected chi connectivity index (χ4v) is 3.20. The van der Waals surface area contributed by atoms with E-state index in [0.29, 0.717) is 0 Å². The van der Waals surface area contributed by atoms with Crippen molar-refractivity contribution in [1.29, 1.82) is 0 Å². The van der Waals surface area contributed by atoms with E-state index in [1.807, 2.05) is 25.3 Å². The minimum atomic E-state index is -0.241. The van der Waals surface area contributed by atoms with Crippen LogP contribution in [0.5, 0.6) is 11.5 Å². The zero-order chi connectivity index (χ0) is 12.7. The molecule has 0 saturated heterocycles. The Bertz CT molecular complexity index is 600. The van der Waals surface area contributed by atoms with Crippen molar-refractivity contribution in [2.24, 2.45) is 5.73 Å². The number of hydrogen-bond acceptors (Lipinski definition) is 5. The molecule has 1 aliphatic heterocycles. The third-order valence-corrected chi connectivity index (χ3v) is 4.30. The Labute approximate surface area is 117 Å². The molecule has 6 heteroatoms. The maximum Gasteiger partial charge on any atom is 0.231 e. The molecule has 0 bridgehead atoms. The van der Waals surface area contributed by atoms with Crippen LogP contribution in [0.25, 0.3) is 0 Å². The van der Waals surface area contributed by atoms with Crippen molar-refractivity contribution in [3.8, 4) is 11.5 Å². The van der Waals surface area contributed by atoms with E-state index in [0.717, 1.165) is 31.4 Å². The van der Waals surface area contributed by atoms with Crippen LogP contribution in [0, 0.1) is 6.92 Å². The lowest BCUT2D eigenvalue weighted by Gasteiger charge is -2.10. The molecule has 4 nitrogen and oxygen atoms in total. The van der Waals surface area contributed by atoms with Crippen molar-refractivity contribution in [2.75, 3.05) is 6.79 Å². The molecular weight excluding hydrogens is 316 g/mol. The van der Waals surface area contributed by atoms with Crippen molar-refractivity contribution in [1.82, 2.24) is 4.98 Å². The van der Waals surface area contributed by atoms with Crippen molar-refractivity contribution in [3.05, 3.63) is 38.3 Å². The van der Waals surface area contributed by atoms with Gasteiger partial charge in [-0.2, -0.15) is 0 Å². The zero-order valence-corrected chi connectivity index (χ0v) is 12.0. The van der Waals surface area contributed by atoms with Crippen LogP contribution in [0.4, 0.5) is 0 Å². The molecule has 94 valence electrons. The molecule has 0 aliphatic carbocycles. The highest BCUT2D eigenvalue weighted by Gasteiger charge is 2.21. The highest BCUT2D eigenvalue weighted by Crippen LogP contribution is 2.41. The lowest BCUT2D eigenvalue weighted by molar-refractivity contribution is 0.173. The van der Waals surface area contributed by atoms with E-state index in [9.17, 15) is 0 Å². The average Bonchev–Trinajstić information content (AvgIpc) is 2.96. The third kappa shape index (κ3) is 2.00. The summed E-state index contributed by atoms with van der Waals surface area (Å²) < 4.78 is 11.6. The van der Waals surface area contributed by atoms with Gasteiger partial charge in [0.25, 0.3) is 0 Å². The van der Waals surface area contributed by atoms with Gasteiger partial charge in [0.1, 0.15) is 5.01 Å². The summed E-state index contributed by atoms with van der Waals surface area (Å²) in [4.78, 5) is 5.47. The molecule has 0 fully saturated rings. The number of aryl methyl sites for hydroxylation is 1. The van der Waals surface area contributed by atoms with Gasteiger partial charge in [-0.3, -0.25) is 0 Å². The molecule has 2 N–H and O–H groups in total. The van der Waals surface area contributed by atoms with E-state index in [1.165, 1.54) is 0 Å². The summed E-state index contributed by atoms with van der Waals surface area (Å²) in [6, 6.07) is 3.62. The molecular formula is C12H11BrN2O2S. The minimum absolute atomic E-state index is 0.241. The van der Waals surface area contributed by atoms with Crippen molar-refractivity contribution in [2.45, 2.75) is 13.0 Å². The maximum absolute atomic E-state index is 6.22. The summed E-state index contributed by atoms with van der Waals surface area (Å²) in [6.07, 6.45) is 1.84. The molecule has 2 heterocycles. The fraction of sp³-hybridized carbons (Fsp3) is 0.250. The molecule has 18 heavy (non-hydrogen) atoms. The Morgan fingerprint density at radius 3 is 3.00 bits per heavy atom. The number of halogens is 1. The van der Waals surface area contributed by atoms with Gasteiger partial charge in [-0.05, 0) is 40.5 Å². The van der Waals surface area contributed by atoms with Crippen LogP contribution in [0.15, 0.2) is 22.8 Å². The predicted octanol–water partition coefficient (Wildman–Crippen LogP) is 2.99. The Kier molecular flexibility index (Phi) is 3.01. The molecule has 3 rings (SSSR count). The van der Waals surface area contributed by atoms with Gasteiger partial charge in [-0.1, -0.05) is 0 Å². The van der Waals surface area contributed by atoms with Gasteiger partial charge in [-0.25, -0.2) is 4.98 Å². The van der Waals surface area contributed by atoms with Crippen molar-refractivity contribution in [3.63, 3.8) is 0 Å². The van der Waals surface area contributed by atoms with E-state index in [2.05, 4.69) is 20.9 Å². The summed E-state index contributed by atoms with van der Waals surface area (Å²) in [5.41, 5.74) is 7.18. The monoisotopic (exact) mass is 326 g/mol. The third-order valence-electron chi connectivity index (χ3n) is 2.71. The first kappa shape index (κ1) is 12.0. The van der Waals surface area contributed by atoms with Gasteiger partial charge in [0.15, 0.2) is 11.5 Å². The van der Waals surface area contributed by atoms with Crippen LogP contribution in [-0.4, -0.2) is 11.8 Å². The van der Waals surface area contributed by atoms with E-state index in [4.69, 9.17) is 15.2 Å². The Hall–Kier alpha value is -1.11. The Morgan fingerprint density at radius 1 is 1.44 bits per heavy atom. The molecule has 2 aromatic rings. The first-order chi connectivity index (χ1) is 8.65. The summed E-state index contributed by atoms with van der Waals surface area (Å²) in [6.45, 7) is 2.27. The van der Waals surface area contributed by atoms with Gasteiger partial charge in [0.05, 0.1) is 10.5 Å². The lowest BCUT2D eigenvalue weighted by Crippen LogP contribution is -2.11. The van der Waals surface area contributed by atoms with E-state index in [1.54, 1.807) is 11.3 Å². The predicted molar refractivity (Wildman–Crippen MR) is 73.1 cm³/mol. The van der Waals surface area contributed by atoms with Crippen LogP contribution in [0.1, 0.15) is 21.5 Å². The quantitative estimate of drug-likeness (QED) is 0.921. The molecule has 1 aromatic carbocycles. The molecule has 0 spiro atoms. The van der Waals surface area contributed by atoms with Gasteiger partial charge < -0.3 is 15.2 Å². The molecule has 0 saturated carbocycles. The van der Waals surface area contributed by atoms with Crippen LogP contribution in [-0.2, 0) is 0 Å². The molecule has 0 radical (unpaired) electrons. The van der Waals surface area contributed by atoms with E-state index >= 15 is 0 Å². The first-order valence-electron chi connectivity index (χ1n) is 5.42. The van der Waals surface area contributed by atoms with Crippen molar-refractivity contribution < 1.29 is 9.47 Å². The van der Waals surface area contributed by atoms with Crippen LogP contribution in [0.3, 0.4) is 0 Å². The lowest BCUT2D eigenvalue weighted by atomic mass is 10.1. The molecule has 1 aromatic heterocycles. The van der Waals surface area contributed by atoms with E-state index in [-0.39, 0.29) is 12.8 Å². The summed E-state index contributed by atoms with van der Waals surface area (Å²) in [7, 11) is 0. The molecule has 1 atom stereocenters. The van der Waals surface area contributed by atoms with Crippen molar-refractivity contribution >= 4 is 27.3 Å².